The molecule has 0 spiro atoms. The molecule has 2 aliphatic rings. The molecule has 0 radical (unpaired) electrons. The number of carbonyl (C=O) groups excluding carboxylic acids is 2. The SMILES string of the molecule is CC(C)(C)N(Cc1ccccc1)C(=O)CCCN1C(=O)/C(=C/c2ccc3c(c2)OCO3)SC1=S. The van der Waals surface area contributed by atoms with E-state index in [-0.39, 0.29) is 24.1 Å². The zero-order chi connectivity index (χ0) is 24.3. The lowest BCUT2D eigenvalue weighted by atomic mass is 10.0. The highest BCUT2D eigenvalue weighted by molar-refractivity contribution is 8.26. The smallest absolute Gasteiger partial charge is 0.266 e. The molecule has 0 saturated carbocycles. The van der Waals surface area contributed by atoms with Gasteiger partial charge < -0.3 is 14.4 Å². The average molecular weight is 497 g/mol. The number of hydrogen-bond acceptors (Lipinski definition) is 6. The van der Waals surface area contributed by atoms with Crippen molar-refractivity contribution in [3.05, 3.63) is 64.6 Å². The van der Waals surface area contributed by atoms with Crippen LogP contribution in [0.3, 0.4) is 0 Å². The second-order valence-electron chi connectivity index (χ2n) is 9.19. The van der Waals surface area contributed by atoms with E-state index >= 15 is 0 Å². The number of nitrogens with zero attached hydrogens (tertiary/aromatic N) is 2. The maximum Gasteiger partial charge on any atom is 0.266 e. The molecular weight excluding hydrogens is 468 g/mol. The van der Waals surface area contributed by atoms with Gasteiger partial charge in [-0.05, 0) is 56.5 Å². The molecule has 34 heavy (non-hydrogen) atoms. The predicted molar refractivity (Wildman–Crippen MR) is 138 cm³/mol. The Kier molecular flexibility index (Phi) is 7.28. The summed E-state index contributed by atoms with van der Waals surface area (Å²) in [7, 11) is 0. The van der Waals surface area contributed by atoms with Crippen LogP contribution in [0.15, 0.2) is 53.4 Å². The Balaban J connectivity index is 1.36. The lowest BCUT2D eigenvalue weighted by Crippen LogP contribution is -2.45. The molecule has 2 aromatic rings. The van der Waals surface area contributed by atoms with E-state index in [1.807, 2.05) is 80.3 Å². The second-order valence-corrected chi connectivity index (χ2v) is 10.9. The maximum atomic E-state index is 13.1. The fraction of sp³-hybridized carbons (Fsp3) is 0.346. The fourth-order valence-corrected chi connectivity index (χ4v) is 5.14. The zero-order valence-electron chi connectivity index (χ0n) is 19.6. The molecule has 2 amide bonds. The van der Waals surface area contributed by atoms with E-state index in [1.54, 1.807) is 4.90 Å². The second kappa shape index (κ2) is 10.2. The van der Waals surface area contributed by atoms with Gasteiger partial charge in [-0.2, -0.15) is 0 Å². The number of fused-ring (bicyclic) bond motifs is 1. The normalized spacial score (nSPS) is 16.4. The molecule has 0 N–H and O–H groups in total. The first-order chi connectivity index (χ1) is 16.2. The zero-order valence-corrected chi connectivity index (χ0v) is 21.2. The van der Waals surface area contributed by atoms with Crippen LogP contribution in [0.25, 0.3) is 6.08 Å². The lowest BCUT2D eigenvalue weighted by molar-refractivity contribution is -0.137. The van der Waals surface area contributed by atoms with Crippen molar-refractivity contribution in [2.45, 2.75) is 45.7 Å². The predicted octanol–water partition coefficient (Wildman–Crippen LogP) is 5.22. The molecule has 1 fully saturated rings. The van der Waals surface area contributed by atoms with Gasteiger partial charge in [0.05, 0.1) is 4.91 Å². The molecule has 178 valence electrons. The molecule has 0 atom stereocenters. The van der Waals surface area contributed by atoms with Crippen molar-refractivity contribution in [1.82, 2.24) is 9.80 Å². The van der Waals surface area contributed by atoms with E-state index in [0.717, 1.165) is 11.1 Å². The molecule has 8 heteroatoms. The third kappa shape index (κ3) is 5.62. The van der Waals surface area contributed by atoms with Gasteiger partial charge >= 0.3 is 0 Å². The number of benzene rings is 2. The van der Waals surface area contributed by atoms with Crippen LogP contribution in [-0.4, -0.2) is 44.8 Å². The molecule has 0 aromatic heterocycles. The van der Waals surface area contributed by atoms with E-state index < -0.39 is 0 Å². The first-order valence-corrected chi connectivity index (χ1v) is 12.4. The summed E-state index contributed by atoms with van der Waals surface area (Å²) < 4.78 is 11.3. The van der Waals surface area contributed by atoms with Gasteiger partial charge in [0.15, 0.2) is 11.5 Å². The minimum Gasteiger partial charge on any atom is -0.454 e. The van der Waals surface area contributed by atoms with Crippen molar-refractivity contribution < 1.29 is 19.1 Å². The highest BCUT2D eigenvalue weighted by Crippen LogP contribution is 2.36. The van der Waals surface area contributed by atoms with Crippen molar-refractivity contribution in [2.24, 2.45) is 0 Å². The van der Waals surface area contributed by atoms with Gasteiger partial charge in [-0.3, -0.25) is 14.5 Å². The van der Waals surface area contributed by atoms with Gasteiger partial charge in [0.2, 0.25) is 12.7 Å². The number of thioether (sulfide) groups is 1. The van der Waals surface area contributed by atoms with Crippen LogP contribution < -0.4 is 9.47 Å². The Morgan fingerprint density at radius 2 is 1.88 bits per heavy atom. The van der Waals surface area contributed by atoms with Crippen LogP contribution in [0.4, 0.5) is 0 Å². The van der Waals surface area contributed by atoms with Crippen LogP contribution in [0.1, 0.15) is 44.7 Å². The Morgan fingerprint density at radius 1 is 1.15 bits per heavy atom. The van der Waals surface area contributed by atoms with Crippen LogP contribution in [0, 0.1) is 0 Å². The van der Waals surface area contributed by atoms with Crippen molar-refractivity contribution in [3.8, 4) is 11.5 Å². The minimum absolute atomic E-state index is 0.0673. The Morgan fingerprint density at radius 3 is 2.62 bits per heavy atom. The topological polar surface area (TPSA) is 59.1 Å². The number of thiocarbonyl (C=S) groups is 1. The third-order valence-corrected chi connectivity index (χ3v) is 7.01. The maximum absolute atomic E-state index is 13.1. The van der Waals surface area contributed by atoms with Crippen molar-refractivity contribution in [3.63, 3.8) is 0 Å². The Labute approximate surface area is 209 Å². The van der Waals surface area contributed by atoms with Gasteiger partial charge in [-0.15, -0.1) is 0 Å². The first-order valence-electron chi connectivity index (χ1n) is 11.2. The summed E-state index contributed by atoms with van der Waals surface area (Å²) in [6.07, 6.45) is 2.71. The van der Waals surface area contributed by atoms with E-state index in [1.165, 1.54) is 11.8 Å². The molecule has 2 aromatic carbocycles. The summed E-state index contributed by atoms with van der Waals surface area (Å²) >= 11 is 6.74. The van der Waals surface area contributed by atoms with Crippen LogP contribution in [0.5, 0.6) is 11.5 Å². The summed E-state index contributed by atoms with van der Waals surface area (Å²) in [5, 5.41) is 0. The van der Waals surface area contributed by atoms with E-state index in [4.69, 9.17) is 21.7 Å². The van der Waals surface area contributed by atoms with Gasteiger partial charge in [-0.25, -0.2) is 0 Å². The number of amides is 2. The number of rotatable bonds is 7. The lowest BCUT2D eigenvalue weighted by Gasteiger charge is -2.36. The van der Waals surface area contributed by atoms with E-state index in [9.17, 15) is 9.59 Å². The van der Waals surface area contributed by atoms with Gasteiger partial charge in [0.25, 0.3) is 5.91 Å². The molecule has 0 unspecified atom stereocenters. The highest BCUT2D eigenvalue weighted by atomic mass is 32.2. The largest absolute Gasteiger partial charge is 0.454 e. The van der Waals surface area contributed by atoms with Gasteiger partial charge in [0, 0.05) is 25.0 Å². The Bertz CT molecular complexity index is 1130. The molecule has 1 saturated heterocycles. The van der Waals surface area contributed by atoms with E-state index in [2.05, 4.69) is 0 Å². The quantitative estimate of drug-likeness (QED) is 0.387. The van der Waals surface area contributed by atoms with Crippen LogP contribution >= 0.6 is 24.0 Å². The molecular formula is C26H28N2O4S2. The summed E-state index contributed by atoms with van der Waals surface area (Å²) in [5.41, 5.74) is 1.64. The summed E-state index contributed by atoms with van der Waals surface area (Å²) in [6.45, 7) is 7.29. The summed E-state index contributed by atoms with van der Waals surface area (Å²) in [6, 6.07) is 15.5. The number of hydrogen-bond donors (Lipinski definition) is 0. The molecule has 6 nitrogen and oxygen atoms in total. The molecule has 2 aliphatic heterocycles. The minimum atomic E-state index is -0.304. The molecule has 2 heterocycles. The fourth-order valence-electron chi connectivity index (χ4n) is 3.84. The third-order valence-electron chi connectivity index (χ3n) is 5.63. The molecule has 4 rings (SSSR count). The molecule has 0 bridgehead atoms. The van der Waals surface area contributed by atoms with Crippen molar-refractivity contribution in [1.29, 1.82) is 0 Å². The number of carbonyl (C=O) groups is 2. The van der Waals surface area contributed by atoms with Crippen molar-refractivity contribution >= 4 is 46.2 Å². The van der Waals surface area contributed by atoms with Gasteiger partial charge in [0.1, 0.15) is 4.32 Å². The van der Waals surface area contributed by atoms with Crippen LogP contribution in [-0.2, 0) is 16.1 Å². The first kappa shape index (κ1) is 24.3. The summed E-state index contributed by atoms with van der Waals surface area (Å²) in [4.78, 5) is 30.1. The van der Waals surface area contributed by atoms with Crippen LogP contribution in [0.2, 0.25) is 0 Å². The standard InChI is InChI=1S/C26H28N2O4S2/c1-26(2,3)28(16-18-8-5-4-6-9-18)23(29)10-7-13-27-24(30)22(34-25(27)33)15-19-11-12-20-21(14-19)32-17-31-20/h4-6,8-9,11-12,14-15H,7,10,13,16-17H2,1-3H3/b22-15-. The molecule has 0 aliphatic carbocycles. The van der Waals surface area contributed by atoms with E-state index in [0.29, 0.717) is 46.7 Å². The van der Waals surface area contributed by atoms with Crippen molar-refractivity contribution in [2.75, 3.05) is 13.3 Å². The highest BCUT2D eigenvalue weighted by Gasteiger charge is 2.32. The van der Waals surface area contributed by atoms with Gasteiger partial charge in [-0.1, -0.05) is 60.4 Å². The average Bonchev–Trinajstić information content (AvgIpc) is 3.36. The Hall–Kier alpha value is -2.84. The summed E-state index contributed by atoms with van der Waals surface area (Å²) in [5.74, 6) is 1.31. The monoisotopic (exact) mass is 496 g/mol. The number of ether oxygens (including phenoxy) is 2.